The maximum absolute atomic E-state index is 14.7. The summed E-state index contributed by atoms with van der Waals surface area (Å²) in [6.45, 7) is -0.838. The second-order valence-electron chi connectivity index (χ2n) is 6.32. The summed E-state index contributed by atoms with van der Waals surface area (Å²) in [5, 5.41) is 28.3. The number of carboxylic acids is 2. The summed E-state index contributed by atoms with van der Waals surface area (Å²) in [6, 6.07) is 0. The number of hydrogen-bond acceptors (Lipinski definition) is 10. The highest BCUT2D eigenvalue weighted by molar-refractivity contribution is 6.28. The highest BCUT2D eigenvalue weighted by Gasteiger charge is 2.51. The van der Waals surface area contributed by atoms with Crippen LogP contribution < -0.4 is 5.73 Å². The SMILES string of the molecule is Nc1nc(Cl)nc2c1ncn2[C@@H]1O[C@H](COC(CC=O)(C(=O)O)C(=O)O)[C@@H](O)[C@@H]1F. The van der Waals surface area contributed by atoms with Gasteiger partial charge in [-0.2, -0.15) is 9.97 Å². The van der Waals surface area contributed by atoms with Crippen molar-refractivity contribution >= 4 is 46.8 Å². The van der Waals surface area contributed by atoms with Gasteiger partial charge in [-0.1, -0.05) is 0 Å². The van der Waals surface area contributed by atoms with Crippen LogP contribution in [0.3, 0.4) is 0 Å². The van der Waals surface area contributed by atoms with Crippen LogP contribution in [0.5, 0.6) is 0 Å². The van der Waals surface area contributed by atoms with Gasteiger partial charge in [0.05, 0.1) is 19.4 Å². The number of fused-ring (bicyclic) bond motifs is 1. The number of hydrogen-bond donors (Lipinski definition) is 4. The number of anilines is 1. The number of aldehydes is 1. The van der Waals surface area contributed by atoms with Crippen molar-refractivity contribution in [2.75, 3.05) is 12.3 Å². The van der Waals surface area contributed by atoms with Gasteiger partial charge in [0, 0.05) is 0 Å². The van der Waals surface area contributed by atoms with E-state index in [2.05, 4.69) is 15.0 Å². The first-order valence-electron chi connectivity index (χ1n) is 8.30. The predicted octanol–water partition coefficient (Wildman–Crippen LogP) is -0.828. The third-order valence-corrected chi connectivity index (χ3v) is 4.71. The van der Waals surface area contributed by atoms with Gasteiger partial charge in [-0.05, 0) is 11.6 Å². The Labute approximate surface area is 171 Å². The number of carboxylic acid groups (broad SMARTS) is 2. The number of imidazole rings is 1. The molecular weight excluding hydrogens is 433 g/mol. The molecule has 1 fully saturated rings. The number of ether oxygens (including phenoxy) is 2. The Balaban J connectivity index is 1.85. The van der Waals surface area contributed by atoms with E-state index in [0.29, 0.717) is 0 Å². The molecule has 0 aliphatic carbocycles. The molecule has 0 spiro atoms. The number of nitrogens with two attached hydrogens (primary N) is 1. The fourth-order valence-corrected chi connectivity index (χ4v) is 3.12. The molecular formula is C15H15ClFN5O8. The Morgan fingerprint density at radius 1 is 1.40 bits per heavy atom. The number of nitrogen functional groups attached to an aromatic ring is 1. The van der Waals surface area contributed by atoms with Crippen LogP contribution >= 0.6 is 11.6 Å². The molecule has 5 N–H and O–H groups in total. The van der Waals surface area contributed by atoms with E-state index >= 15 is 0 Å². The number of carbonyl (C=O) groups is 3. The van der Waals surface area contributed by atoms with E-state index in [9.17, 15) is 34.1 Å². The zero-order valence-electron chi connectivity index (χ0n) is 14.9. The first kappa shape index (κ1) is 21.8. The van der Waals surface area contributed by atoms with Gasteiger partial charge in [0.15, 0.2) is 23.9 Å². The minimum atomic E-state index is -2.91. The third kappa shape index (κ3) is 3.54. The molecule has 30 heavy (non-hydrogen) atoms. The van der Waals surface area contributed by atoms with E-state index in [1.807, 2.05) is 0 Å². The molecule has 1 aliphatic heterocycles. The number of halogens is 2. The molecule has 0 amide bonds. The molecule has 0 aromatic carbocycles. The smallest absolute Gasteiger partial charge is 0.348 e. The average Bonchev–Trinajstić information content (AvgIpc) is 3.20. The topological polar surface area (TPSA) is 200 Å². The molecule has 4 atom stereocenters. The Morgan fingerprint density at radius 3 is 2.67 bits per heavy atom. The Kier molecular flexibility index (Phi) is 5.85. The summed E-state index contributed by atoms with van der Waals surface area (Å²) in [5.41, 5.74) is 2.89. The van der Waals surface area contributed by atoms with E-state index in [1.165, 1.54) is 0 Å². The molecule has 13 nitrogen and oxygen atoms in total. The molecule has 0 unspecified atom stereocenters. The Morgan fingerprint density at radius 2 is 2.07 bits per heavy atom. The number of aliphatic hydroxyl groups is 1. The molecule has 0 radical (unpaired) electrons. The van der Waals surface area contributed by atoms with Crippen molar-refractivity contribution in [3.05, 3.63) is 11.6 Å². The minimum Gasteiger partial charge on any atom is -0.479 e. The normalized spacial score (nSPS) is 24.2. The molecule has 1 aliphatic rings. The second-order valence-corrected chi connectivity index (χ2v) is 6.66. The molecule has 2 aromatic heterocycles. The molecule has 1 saturated heterocycles. The summed E-state index contributed by atoms with van der Waals surface area (Å²) in [7, 11) is 0. The van der Waals surface area contributed by atoms with Crippen LogP contribution in [0.1, 0.15) is 12.6 Å². The number of aliphatic carboxylic acids is 2. The first-order valence-corrected chi connectivity index (χ1v) is 8.67. The number of aliphatic hydroxyl groups excluding tert-OH is 1. The van der Waals surface area contributed by atoms with Crippen LogP contribution in [0.15, 0.2) is 6.33 Å². The number of alkyl halides is 1. The van der Waals surface area contributed by atoms with Gasteiger partial charge in [-0.3, -0.25) is 4.57 Å². The summed E-state index contributed by atoms with van der Waals surface area (Å²) in [4.78, 5) is 45.0. The van der Waals surface area contributed by atoms with E-state index in [-0.39, 0.29) is 28.6 Å². The largest absolute Gasteiger partial charge is 0.479 e. The van der Waals surface area contributed by atoms with Crippen LogP contribution in [0, 0.1) is 0 Å². The monoisotopic (exact) mass is 447 g/mol. The number of aromatic nitrogens is 4. The summed E-state index contributed by atoms with van der Waals surface area (Å²) in [5.74, 6) is -3.95. The van der Waals surface area contributed by atoms with Gasteiger partial charge in [0.25, 0.3) is 5.60 Å². The lowest BCUT2D eigenvalue weighted by Crippen LogP contribution is -2.51. The molecule has 3 rings (SSSR count). The lowest BCUT2D eigenvalue weighted by atomic mass is 10.0. The molecule has 3 heterocycles. The molecule has 2 aromatic rings. The fraction of sp³-hybridized carbons (Fsp3) is 0.467. The van der Waals surface area contributed by atoms with Crippen LogP contribution in [-0.2, 0) is 23.9 Å². The van der Waals surface area contributed by atoms with Crippen molar-refractivity contribution < 1.29 is 43.6 Å². The first-order chi connectivity index (χ1) is 14.1. The molecule has 0 saturated carbocycles. The minimum absolute atomic E-state index is 0.0142. The van der Waals surface area contributed by atoms with Crippen LogP contribution in [0.25, 0.3) is 11.2 Å². The van der Waals surface area contributed by atoms with Gasteiger partial charge in [-0.15, -0.1) is 0 Å². The van der Waals surface area contributed by atoms with Crippen molar-refractivity contribution in [2.24, 2.45) is 0 Å². The van der Waals surface area contributed by atoms with Gasteiger partial charge in [0.2, 0.25) is 5.28 Å². The number of carbonyl (C=O) groups excluding carboxylic acids is 1. The summed E-state index contributed by atoms with van der Waals surface area (Å²) >= 11 is 5.76. The van der Waals surface area contributed by atoms with Gasteiger partial charge in [0.1, 0.15) is 24.0 Å². The molecule has 15 heteroatoms. The van der Waals surface area contributed by atoms with Crippen molar-refractivity contribution in [1.82, 2.24) is 19.5 Å². The third-order valence-electron chi connectivity index (χ3n) is 4.54. The van der Waals surface area contributed by atoms with Gasteiger partial charge >= 0.3 is 11.9 Å². The van der Waals surface area contributed by atoms with Gasteiger partial charge < -0.3 is 35.3 Å². The van der Waals surface area contributed by atoms with Crippen molar-refractivity contribution in [1.29, 1.82) is 0 Å². The molecule has 162 valence electrons. The Bertz CT molecular complexity index is 989. The van der Waals surface area contributed by atoms with E-state index < -0.39 is 55.2 Å². The van der Waals surface area contributed by atoms with Gasteiger partial charge in [-0.25, -0.2) is 19.0 Å². The van der Waals surface area contributed by atoms with Crippen molar-refractivity contribution in [3.8, 4) is 0 Å². The second kappa shape index (κ2) is 8.06. The van der Waals surface area contributed by atoms with E-state index in [0.717, 1.165) is 10.9 Å². The highest BCUT2D eigenvalue weighted by Crippen LogP contribution is 2.35. The standard InChI is InChI=1S/C15H15ClFN5O8/c16-14-20-9(18)7-10(21-14)22(4-19-7)11-6(17)8(24)5(30-11)3-29-15(1-2-23,12(25)26)13(27)28/h2,4-6,8,11,24H,1,3H2,(H,25,26)(H,27,28)(H2,18,20,21)/t5-,6+,8-,11-/m1/s1. The maximum Gasteiger partial charge on any atom is 0.348 e. The van der Waals surface area contributed by atoms with Crippen LogP contribution in [0.4, 0.5) is 10.2 Å². The predicted molar refractivity (Wildman–Crippen MR) is 94.2 cm³/mol. The number of rotatable bonds is 8. The molecule has 0 bridgehead atoms. The number of nitrogens with zero attached hydrogens (tertiary/aromatic N) is 4. The quantitative estimate of drug-likeness (QED) is 0.222. The average molecular weight is 448 g/mol. The Hall–Kier alpha value is -2.94. The van der Waals surface area contributed by atoms with E-state index in [4.69, 9.17) is 26.8 Å². The zero-order valence-corrected chi connectivity index (χ0v) is 15.6. The van der Waals surface area contributed by atoms with Crippen molar-refractivity contribution in [2.45, 2.75) is 36.6 Å². The lowest BCUT2D eigenvalue weighted by Gasteiger charge is -2.25. The zero-order chi connectivity index (χ0) is 22.2. The highest BCUT2D eigenvalue weighted by atomic mass is 35.5. The summed E-state index contributed by atoms with van der Waals surface area (Å²) in [6.07, 6.45) is -6.66. The van der Waals surface area contributed by atoms with E-state index in [1.54, 1.807) is 0 Å². The lowest BCUT2D eigenvalue weighted by molar-refractivity contribution is -0.191. The maximum atomic E-state index is 14.7. The summed E-state index contributed by atoms with van der Waals surface area (Å²) < 4.78 is 26.1. The fourth-order valence-electron chi connectivity index (χ4n) is 2.95. The van der Waals surface area contributed by atoms with Crippen LogP contribution in [0.2, 0.25) is 5.28 Å². The van der Waals surface area contributed by atoms with Crippen molar-refractivity contribution in [3.63, 3.8) is 0 Å². The van der Waals surface area contributed by atoms with Crippen LogP contribution in [-0.4, -0.2) is 83.7 Å².